The quantitative estimate of drug-likeness (QED) is 0.582. The van der Waals surface area contributed by atoms with Gasteiger partial charge in [-0.05, 0) is 97.3 Å². The number of hydrogen-bond acceptors (Lipinski definition) is 1. The molecular weight excluding hydrogens is 304 g/mol. The Hall–Kier alpha value is -0.980. The molecule has 3 aliphatic rings. The molecular formula is C24H36O. The van der Waals surface area contributed by atoms with Crippen molar-refractivity contribution in [2.24, 2.45) is 23.2 Å². The van der Waals surface area contributed by atoms with Crippen LogP contribution in [0.2, 0.25) is 0 Å². The van der Waals surface area contributed by atoms with Gasteiger partial charge < -0.3 is 5.11 Å². The predicted octanol–water partition coefficient (Wildman–Crippen LogP) is 6.83. The lowest BCUT2D eigenvalue weighted by molar-refractivity contribution is 0.0251. The monoisotopic (exact) mass is 340 g/mol. The molecule has 3 unspecified atom stereocenters. The lowest BCUT2D eigenvalue weighted by atomic mass is 9.54. The Bertz CT molecular complexity index is 606. The second kappa shape index (κ2) is 6.97. The Morgan fingerprint density at radius 1 is 1.08 bits per heavy atom. The standard InChI is InChI=1S/C24H36O/c1-3-4-5-6-7-18-9-13-23-22-11-8-17-16-19(25)10-12-20(17)21(22)14-15-24(18,23)2/h10,12,16,18,21-23,25H,3-9,11,13-15H2,1-2H3/t18-,21?,22?,23?,24+/m0/s1. The number of aromatic hydroxyl groups is 1. The van der Waals surface area contributed by atoms with Gasteiger partial charge in [0.2, 0.25) is 0 Å². The first kappa shape index (κ1) is 17.4. The SMILES string of the molecule is CCCCCC[C@H]1CCC2C3CCc4cc(O)ccc4C3CC[C@@]21C. The Balaban J connectivity index is 1.49. The molecule has 0 amide bonds. The maximum absolute atomic E-state index is 9.83. The third kappa shape index (κ3) is 3.02. The molecule has 25 heavy (non-hydrogen) atoms. The van der Waals surface area contributed by atoms with Gasteiger partial charge in [0.1, 0.15) is 5.75 Å². The van der Waals surface area contributed by atoms with Gasteiger partial charge in [0.05, 0.1) is 0 Å². The van der Waals surface area contributed by atoms with Crippen molar-refractivity contribution in [1.29, 1.82) is 0 Å². The van der Waals surface area contributed by atoms with Crippen LogP contribution in [0.5, 0.6) is 5.75 Å². The van der Waals surface area contributed by atoms with Crippen LogP contribution in [-0.2, 0) is 6.42 Å². The summed E-state index contributed by atoms with van der Waals surface area (Å²) in [5, 5.41) is 9.83. The zero-order chi connectivity index (χ0) is 17.4. The highest BCUT2D eigenvalue weighted by atomic mass is 16.3. The summed E-state index contributed by atoms with van der Waals surface area (Å²) in [6.07, 6.45) is 15.4. The van der Waals surface area contributed by atoms with Gasteiger partial charge in [-0.2, -0.15) is 0 Å². The van der Waals surface area contributed by atoms with Crippen LogP contribution in [0.4, 0.5) is 0 Å². The van der Waals surface area contributed by atoms with Gasteiger partial charge in [-0.15, -0.1) is 0 Å². The first-order valence-corrected chi connectivity index (χ1v) is 10.9. The van der Waals surface area contributed by atoms with E-state index < -0.39 is 0 Å². The summed E-state index contributed by atoms with van der Waals surface area (Å²) in [7, 11) is 0. The van der Waals surface area contributed by atoms with Crippen molar-refractivity contribution < 1.29 is 5.11 Å². The fourth-order valence-corrected chi connectivity index (χ4v) is 6.97. The third-order valence-corrected chi connectivity index (χ3v) is 8.31. The first-order chi connectivity index (χ1) is 12.1. The van der Waals surface area contributed by atoms with Gasteiger partial charge in [-0.25, -0.2) is 0 Å². The highest BCUT2D eigenvalue weighted by Crippen LogP contribution is 2.63. The lowest BCUT2D eigenvalue weighted by Crippen LogP contribution is -2.42. The van der Waals surface area contributed by atoms with Crippen LogP contribution in [0, 0.1) is 23.2 Å². The van der Waals surface area contributed by atoms with Crippen molar-refractivity contribution in [3.05, 3.63) is 29.3 Å². The van der Waals surface area contributed by atoms with E-state index in [9.17, 15) is 5.11 Å². The van der Waals surface area contributed by atoms with Gasteiger partial charge in [0.25, 0.3) is 0 Å². The minimum atomic E-state index is 0.450. The maximum atomic E-state index is 9.83. The van der Waals surface area contributed by atoms with E-state index in [-0.39, 0.29) is 0 Å². The smallest absolute Gasteiger partial charge is 0.115 e. The van der Waals surface area contributed by atoms with E-state index in [1.165, 1.54) is 76.2 Å². The summed E-state index contributed by atoms with van der Waals surface area (Å²) in [6.45, 7) is 4.96. The molecule has 138 valence electrons. The van der Waals surface area contributed by atoms with Crippen molar-refractivity contribution in [2.75, 3.05) is 0 Å². The Morgan fingerprint density at radius 2 is 1.96 bits per heavy atom. The van der Waals surface area contributed by atoms with E-state index in [1.54, 1.807) is 5.56 Å². The fraction of sp³-hybridized carbons (Fsp3) is 0.750. The molecule has 1 heteroatoms. The molecule has 2 saturated carbocycles. The largest absolute Gasteiger partial charge is 0.508 e. The molecule has 5 atom stereocenters. The molecule has 2 fully saturated rings. The summed E-state index contributed by atoms with van der Waals surface area (Å²) in [5.41, 5.74) is 3.61. The number of aryl methyl sites for hydroxylation is 1. The predicted molar refractivity (Wildman–Crippen MR) is 105 cm³/mol. The van der Waals surface area contributed by atoms with E-state index in [1.807, 2.05) is 12.1 Å². The van der Waals surface area contributed by atoms with E-state index in [0.717, 1.165) is 23.7 Å². The average molecular weight is 341 g/mol. The van der Waals surface area contributed by atoms with Crippen molar-refractivity contribution >= 4 is 0 Å². The average Bonchev–Trinajstić information content (AvgIpc) is 2.95. The number of fused-ring (bicyclic) bond motifs is 5. The number of rotatable bonds is 5. The zero-order valence-electron chi connectivity index (χ0n) is 16.3. The van der Waals surface area contributed by atoms with Crippen LogP contribution < -0.4 is 0 Å². The lowest BCUT2D eigenvalue weighted by Gasteiger charge is -2.51. The minimum Gasteiger partial charge on any atom is -0.508 e. The van der Waals surface area contributed by atoms with Crippen LogP contribution in [0.1, 0.15) is 95.1 Å². The number of phenols is 1. The van der Waals surface area contributed by atoms with Gasteiger partial charge in [0.15, 0.2) is 0 Å². The van der Waals surface area contributed by atoms with Crippen molar-refractivity contribution in [3.63, 3.8) is 0 Å². The van der Waals surface area contributed by atoms with Crippen LogP contribution in [0.15, 0.2) is 18.2 Å². The van der Waals surface area contributed by atoms with E-state index >= 15 is 0 Å². The number of unbranched alkanes of at least 4 members (excludes halogenated alkanes) is 3. The molecule has 1 nitrogen and oxygen atoms in total. The summed E-state index contributed by atoms with van der Waals surface area (Å²) in [6, 6.07) is 6.19. The summed E-state index contributed by atoms with van der Waals surface area (Å²) < 4.78 is 0. The van der Waals surface area contributed by atoms with Crippen LogP contribution in [0.25, 0.3) is 0 Å². The Kier molecular flexibility index (Phi) is 4.86. The molecule has 3 aliphatic carbocycles. The Morgan fingerprint density at radius 3 is 2.80 bits per heavy atom. The van der Waals surface area contributed by atoms with Crippen LogP contribution in [0.3, 0.4) is 0 Å². The maximum Gasteiger partial charge on any atom is 0.115 e. The van der Waals surface area contributed by atoms with Crippen molar-refractivity contribution in [1.82, 2.24) is 0 Å². The number of phenolic OH excluding ortho intramolecular Hbond substituents is 1. The van der Waals surface area contributed by atoms with E-state index in [2.05, 4.69) is 19.9 Å². The van der Waals surface area contributed by atoms with Gasteiger partial charge in [0, 0.05) is 0 Å². The van der Waals surface area contributed by atoms with E-state index in [4.69, 9.17) is 0 Å². The van der Waals surface area contributed by atoms with Gasteiger partial charge in [-0.1, -0.05) is 45.6 Å². The molecule has 0 aliphatic heterocycles. The van der Waals surface area contributed by atoms with Crippen molar-refractivity contribution in [3.8, 4) is 5.75 Å². The van der Waals surface area contributed by atoms with Crippen LogP contribution >= 0.6 is 0 Å². The number of hydrogen-bond donors (Lipinski definition) is 1. The molecule has 0 saturated heterocycles. The number of benzene rings is 1. The highest BCUT2D eigenvalue weighted by Gasteiger charge is 2.54. The second-order valence-electron chi connectivity index (χ2n) is 9.47. The normalized spacial score (nSPS) is 36.6. The molecule has 1 aromatic carbocycles. The first-order valence-electron chi connectivity index (χ1n) is 10.9. The van der Waals surface area contributed by atoms with E-state index in [0.29, 0.717) is 11.2 Å². The molecule has 0 radical (unpaired) electrons. The molecule has 0 spiro atoms. The van der Waals surface area contributed by atoms with Gasteiger partial charge >= 0.3 is 0 Å². The zero-order valence-corrected chi connectivity index (χ0v) is 16.3. The molecule has 1 N–H and O–H groups in total. The molecule has 1 aromatic rings. The second-order valence-corrected chi connectivity index (χ2v) is 9.47. The molecule has 0 bridgehead atoms. The van der Waals surface area contributed by atoms with Crippen molar-refractivity contribution in [2.45, 2.75) is 90.4 Å². The van der Waals surface area contributed by atoms with Crippen LogP contribution in [-0.4, -0.2) is 5.11 Å². The fourth-order valence-electron chi connectivity index (χ4n) is 6.97. The summed E-state index contributed by atoms with van der Waals surface area (Å²) in [4.78, 5) is 0. The third-order valence-electron chi connectivity index (χ3n) is 8.31. The molecule has 0 heterocycles. The Labute approximate surface area is 154 Å². The molecule has 4 rings (SSSR count). The van der Waals surface area contributed by atoms with Gasteiger partial charge in [-0.3, -0.25) is 0 Å². The summed E-state index contributed by atoms with van der Waals surface area (Å²) >= 11 is 0. The minimum absolute atomic E-state index is 0.450. The highest BCUT2D eigenvalue weighted by molar-refractivity contribution is 5.40. The summed E-state index contributed by atoms with van der Waals surface area (Å²) in [5.74, 6) is 4.05. The molecule has 0 aromatic heterocycles. The topological polar surface area (TPSA) is 20.2 Å².